The first-order valence-corrected chi connectivity index (χ1v) is 7.32. The summed E-state index contributed by atoms with van der Waals surface area (Å²) in [6.45, 7) is 0.925. The number of fused-ring (bicyclic) bond motifs is 1. The van der Waals surface area contributed by atoms with E-state index in [1.165, 1.54) is 11.2 Å². The third kappa shape index (κ3) is 2.97. The molecule has 2 aromatic heterocycles. The van der Waals surface area contributed by atoms with E-state index in [9.17, 15) is 0 Å². The molecule has 0 bridgehead atoms. The predicted octanol–water partition coefficient (Wildman–Crippen LogP) is 1.99. The summed E-state index contributed by atoms with van der Waals surface area (Å²) in [5.41, 5.74) is 3.52. The predicted molar refractivity (Wildman–Crippen MR) is 84.1 cm³/mol. The van der Waals surface area contributed by atoms with E-state index in [2.05, 4.69) is 44.2 Å². The summed E-state index contributed by atoms with van der Waals surface area (Å²) in [5, 5.41) is 7.63. The van der Waals surface area contributed by atoms with Gasteiger partial charge in [-0.15, -0.1) is 0 Å². The molecule has 0 aliphatic carbocycles. The highest BCUT2D eigenvalue weighted by molar-refractivity contribution is 5.74. The normalized spacial score (nSPS) is 12.9. The van der Waals surface area contributed by atoms with Crippen LogP contribution in [0, 0.1) is 0 Å². The summed E-state index contributed by atoms with van der Waals surface area (Å²) in [7, 11) is 4.01. The zero-order valence-electron chi connectivity index (χ0n) is 12.5. The van der Waals surface area contributed by atoms with Gasteiger partial charge >= 0.3 is 0 Å². The number of likely N-dealkylation sites (N-methyl/N-ethyl adjacent to an activating group) is 1. The minimum Gasteiger partial charge on any atom is -0.329 e. The fourth-order valence-electron chi connectivity index (χ4n) is 2.69. The minimum atomic E-state index is 0.414. The van der Waals surface area contributed by atoms with Crippen molar-refractivity contribution in [3.05, 3.63) is 48.5 Å². The molecule has 21 heavy (non-hydrogen) atoms. The fourth-order valence-corrected chi connectivity index (χ4v) is 2.69. The number of aryl methyl sites for hydroxylation is 2. The highest BCUT2D eigenvalue weighted by atomic mass is 15.2. The largest absolute Gasteiger partial charge is 0.329 e. The Kier molecular flexibility index (Phi) is 4.01. The van der Waals surface area contributed by atoms with Crippen LogP contribution in [0.3, 0.4) is 0 Å². The van der Waals surface area contributed by atoms with E-state index in [-0.39, 0.29) is 0 Å². The van der Waals surface area contributed by atoms with Crippen LogP contribution in [0.1, 0.15) is 12.1 Å². The smallest absolute Gasteiger partial charge is 0.0958 e. The summed E-state index contributed by atoms with van der Waals surface area (Å²) in [6, 6.07) is 10.8. The Morgan fingerprint density at radius 2 is 2.10 bits per heavy atom. The van der Waals surface area contributed by atoms with Crippen molar-refractivity contribution in [1.82, 2.24) is 24.6 Å². The van der Waals surface area contributed by atoms with Gasteiger partial charge in [-0.1, -0.05) is 12.1 Å². The van der Waals surface area contributed by atoms with Crippen LogP contribution in [0.25, 0.3) is 11.0 Å². The number of nitrogens with one attached hydrogen (secondary N) is 1. The SMILES string of the molecule is CNC(CCc1ccnn1C)Cn1cnc2ccccc21. The molecule has 110 valence electrons. The molecule has 2 heterocycles. The Morgan fingerprint density at radius 3 is 2.86 bits per heavy atom. The zero-order chi connectivity index (χ0) is 14.7. The van der Waals surface area contributed by atoms with E-state index in [4.69, 9.17) is 0 Å². The Bertz CT molecular complexity index is 712. The number of aromatic nitrogens is 4. The van der Waals surface area contributed by atoms with Gasteiger partial charge in [-0.05, 0) is 38.1 Å². The summed E-state index contributed by atoms with van der Waals surface area (Å²) in [4.78, 5) is 4.45. The molecule has 0 fully saturated rings. The maximum Gasteiger partial charge on any atom is 0.0958 e. The molecular formula is C16H21N5. The van der Waals surface area contributed by atoms with Gasteiger partial charge in [0, 0.05) is 31.5 Å². The Hall–Kier alpha value is -2.14. The monoisotopic (exact) mass is 283 g/mol. The topological polar surface area (TPSA) is 47.7 Å². The molecule has 5 heteroatoms. The Labute approximate surface area is 124 Å². The van der Waals surface area contributed by atoms with E-state index in [0.717, 1.165) is 24.9 Å². The summed E-state index contributed by atoms with van der Waals surface area (Å²) >= 11 is 0. The molecule has 3 aromatic rings. The van der Waals surface area contributed by atoms with Crippen LogP contribution in [0.2, 0.25) is 0 Å². The van der Waals surface area contributed by atoms with E-state index in [0.29, 0.717) is 6.04 Å². The second kappa shape index (κ2) is 6.10. The minimum absolute atomic E-state index is 0.414. The maximum atomic E-state index is 4.45. The van der Waals surface area contributed by atoms with Crippen LogP contribution in [0.4, 0.5) is 0 Å². The lowest BCUT2D eigenvalue weighted by Gasteiger charge is -2.17. The van der Waals surface area contributed by atoms with Crippen LogP contribution >= 0.6 is 0 Å². The van der Waals surface area contributed by atoms with Crippen LogP contribution < -0.4 is 5.32 Å². The molecular weight excluding hydrogens is 262 g/mol. The Morgan fingerprint density at radius 1 is 1.24 bits per heavy atom. The molecule has 1 unspecified atom stereocenters. The van der Waals surface area contributed by atoms with Gasteiger partial charge in [0.2, 0.25) is 0 Å². The number of hydrogen-bond acceptors (Lipinski definition) is 3. The van der Waals surface area contributed by atoms with Gasteiger partial charge in [0.25, 0.3) is 0 Å². The van der Waals surface area contributed by atoms with Crippen LogP contribution in [-0.2, 0) is 20.0 Å². The van der Waals surface area contributed by atoms with E-state index >= 15 is 0 Å². The van der Waals surface area contributed by atoms with Gasteiger partial charge in [0.15, 0.2) is 0 Å². The molecule has 1 atom stereocenters. The first-order chi connectivity index (χ1) is 10.3. The lowest BCUT2D eigenvalue weighted by molar-refractivity contribution is 0.453. The van der Waals surface area contributed by atoms with Gasteiger partial charge in [-0.25, -0.2) is 4.98 Å². The lowest BCUT2D eigenvalue weighted by Crippen LogP contribution is -2.30. The number of hydrogen-bond donors (Lipinski definition) is 1. The molecule has 0 aliphatic heterocycles. The molecule has 0 saturated heterocycles. The third-order valence-electron chi connectivity index (χ3n) is 4.02. The van der Waals surface area contributed by atoms with Crippen LogP contribution in [-0.4, -0.2) is 32.4 Å². The van der Waals surface area contributed by atoms with Crippen molar-refractivity contribution in [3.8, 4) is 0 Å². The molecule has 3 rings (SSSR count). The average molecular weight is 283 g/mol. The summed E-state index contributed by atoms with van der Waals surface area (Å²) < 4.78 is 4.17. The van der Waals surface area contributed by atoms with Crippen molar-refractivity contribution >= 4 is 11.0 Å². The number of nitrogens with zero attached hydrogens (tertiary/aromatic N) is 4. The van der Waals surface area contributed by atoms with E-state index in [1.807, 2.05) is 37.4 Å². The van der Waals surface area contributed by atoms with Crippen molar-refractivity contribution in [2.75, 3.05) is 7.05 Å². The van der Waals surface area contributed by atoms with Gasteiger partial charge in [0.1, 0.15) is 0 Å². The molecule has 0 spiro atoms. The first kappa shape index (κ1) is 13.8. The number of rotatable bonds is 6. The average Bonchev–Trinajstić information content (AvgIpc) is 3.10. The second-order valence-electron chi connectivity index (χ2n) is 5.36. The van der Waals surface area contributed by atoms with Gasteiger partial charge in [-0.2, -0.15) is 5.10 Å². The molecule has 0 amide bonds. The quantitative estimate of drug-likeness (QED) is 0.752. The molecule has 5 nitrogen and oxygen atoms in total. The van der Waals surface area contributed by atoms with Crippen molar-refractivity contribution in [1.29, 1.82) is 0 Å². The third-order valence-corrected chi connectivity index (χ3v) is 4.02. The van der Waals surface area contributed by atoms with Crippen molar-refractivity contribution < 1.29 is 0 Å². The van der Waals surface area contributed by atoms with E-state index in [1.54, 1.807) is 0 Å². The second-order valence-corrected chi connectivity index (χ2v) is 5.36. The molecule has 1 aromatic carbocycles. The van der Waals surface area contributed by atoms with Crippen molar-refractivity contribution in [2.45, 2.75) is 25.4 Å². The van der Waals surface area contributed by atoms with E-state index < -0.39 is 0 Å². The maximum absolute atomic E-state index is 4.45. The molecule has 1 N–H and O–H groups in total. The van der Waals surface area contributed by atoms with Crippen LogP contribution in [0.15, 0.2) is 42.9 Å². The van der Waals surface area contributed by atoms with Crippen molar-refractivity contribution in [3.63, 3.8) is 0 Å². The van der Waals surface area contributed by atoms with Crippen LogP contribution in [0.5, 0.6) is 0 Å². The van der Waals surface area contributed by atoms with Gasteiger partial charge < -0.3 is 9.88 Å². The number of benzene rings is 1. The number of imidazole rings is 1. The molecule has 0 saturated carbocycles. The van der Waals surface area contributed by atoms with Crippen molar-refractivity contribution in [2.24, 2.45) is 7.05 Å². The summed E-state index contributed by atoms with van der Waals surface area (Å²) in [5.74, 6) is 0. The highest BCUT2D eigenvalue weighted by Crippen LogP contribution is 2.13. The zero-order valence-corrected chi connectivity index (χ0v) is 12.5. The molecule has 0 radical (unpaired) electrons. The Balaban J connectivity index is 1.68. The standard InChI is InChI=1S/C16H21N5/c1-17-13(7-8-14-9-10-19-20(14)2)11-21-12-18-15-5-3-4-6-16(15)21/h3-6,9-10,12-13,17H,7-8,11H2,1-2H3. The first-order valence-electron chi connectivity index (χ1n) is 7.32. The number of para-hydroxylation sites is 2. The van der Waals surface area contributed by atoms with Gasteiger partial charge in [-0.3, -0.25) is 4.68 Å². The lowest BCUT2D eigenvalue weighted by atomic mass is 10.1. The van der Waals surface area contributed by atoms with Gasteiger partial charge in [0.05, 0.1) is 17.4 Å². The molecule has 0 aliphatic rings. The fraction of sp³-hybridized carbons (Fsp3) is 0.375. The highest BCUT2D eigenvalue weighted by Gasteiger charge is 2.11. The summed E-state index contributed by atoms with van der Waals surface area (Å²) in [6.07, 6.45) is 5.88.